The average Bonchev–Trinajstić information content (AvgIpc) is 3.05. The van der Waals surface area contributed by atoms with Crippen molar-refractivity contribution in [2.45, 2.75) is 6.92 Å². The Morgan fingerprint density at radius 3 is 2.78 bits per heavy atom. The number of thiazole rings is 1. The van der Waals surface area contributed by atoms with Crippen molar-refractivity contribution >= 4 is 22.7 Å². The molecule has 2 aromatic carbocycles. The Morgan fingerprint density at radius 1 is 1.22 bits per heavy atom. The van der Waals surface area contributed by atoms with E-state index in [0.29, 0.717) is 5.56 Å². The van der Waals surface area contributed by atoms with Gasteiger partial charge in [0.05, 0.1) is 23.5 Å². The summed E-state index contributed by atoms with van der Waals surface area (Å²) in [4.78, 5) is 4.51. The van der Waals surface area contributed by atoms with Crippen LogP contribution in [-0.4, -0.2) is 11.2 Å². The lowest BCUT2D eigenvalue weighted by molar-refractivity contribution is 1.29. The van der Waals surface area contributed by atoms with Gasteiger partial charge in [-0.25, -0.2) is 4.98 Å². The predicted molar refractivity (Wildman–Crippen MR) is 94.7 cm³/mol. The van der Waals surface area contributed by atoms with Crippen molar-refractivity contribution in [1.82, 2.24) is 4.98 Å². The molecule has 0 unspecified atom stereocenters. The van der Waals surface area contributed by atoms with Crippen molar-refractivity contribution in [1.29, 1.82) is 5.26 Å². The van der Waals surface area contributed by atoms with Crippen LogP contribution in [0.4, 0.5) is 5.13 Å². The highest BCUT2D eigenvalue weighted by atomic mass is 32.1. The Morgan fingerprint density at radius 2 is 2.04 bits per heavy atom. The highest BCUT2D eigenvalue weighted by molar-refractivity contribution is 7.14. The van der Waals surface area contributed by atoms with E-state index in [2.05, 4.69) is 21.6 Å². The number of hydrazone groups is 1. The zero-order valence-corrected chi connectivity index (χ0v) is 13.3. The molecule has 0 saturated carbocycles. The van der Waals surface area contributed by atoms with E-state index >= 15 is 0 Å². The fourth-order valence-corrected chi connectivity index (χ4v) is 2.79. The number of aryl methyl sites for hydroxylation is 1. The number of hydrogen-bond donors (Lipinski definition) is 1. The summed E-state index contributed by atoms with van der Waals surface area (Å²) in [6.07, 6.45) is 1.72. The minimum Gasteiger partial charge on any atom is -0.253 e. The van der Waals surface area contributed by atoms with Gasteiger partial charge < -0.3 is 0 Å². The Bertz CT molecular complexity index is 876. The second kappa shape index (κ2) is 6.86. The molecule has 0 radical (unpaired) electrons. The van der Waals surface area contributed by atoms with Crippen LogP contribution in [0.25, 0.3) is 11.3 Å². The number of rotatable bonds is 4. The molecule has 0 amide bonds. The molecule has 1 aromatic heterocycles. The Hall–Kier alpha value is -2.97. The lowest BCUT2D eigenvalue weighted by Gasteiger charge is -1.99. The van der Waals surface area contributed by atoms with E-state index in [-0.39, 0.29) is 0 Å². The van der Waals surface area contributed by atoms with Gasteiger partial charge in [0.15, 0.2) is 0 Å². The third kappa shape index (κ3) is 3.62. The monoisotopic (exact) mass is 318 g/mol. The number of aromatic nitrogens is 1. The quantitative estimate of drug-likeness (QED) is 0.571. The third-order valence-corrected chi connectivity index (χ3v) is 4.07. The number of nitrogens with one attached hydrogen (secondary N) is 1. The van der Waals surface area contributed by atoms with Gasteiger partial charge in [0, 0.05) is 10.9 Å². The topological polar surface area (TPSA) is 61.1 Å². The summed E-state index contributed by atoms with van der Waals surface area (Å²) in [6, 6.07) is 17.8. The van der Waals surface area contributed by atoms with Crippen LogP contribution in [0.2, 0.25) is 0 Å². The average molecular weight is 318 g/mol. The molecule has 112 valence electrons. The number of nitriles is 1. The predicted octanol–water partition coefficient (Wildman–Crippen LogP) is 4.44. The first-order valence-corrected chi connectivity index (χ1v) is 7.95. The van der Waals surface area contributed by atoms with E-state index in [1.54, 1.807) is 12.3 Å². The second-order valence-corrected chi connectivity index (χ2v) is 5.82. The van der Waals surface area contributed by atoms with E-state index in [1.165, 1.54) is 11.3 Å². The highest BCUT2D eigenvalue weighted by Crippen LogP contribution is 2.24. The summed E-state index contributed by atoms with van der Waals surface area (Å²) in [5, 5.41) is 15.9. The molecule has 3 rings (SSSR count). The van der Waals surface area contributed by atoms with E-state index in [4.69, 9.17) is 5.26 Å². The van der Waals surface area contributed by atoms with Crippen molar-refractivity contribution in [2.75, 3.05) is 5.43 Å². The first-order valence-electron chi connectivity index (χ1n) is 7.07. The lowest BCUT2D eigenvalue weighted by Crippen LogP contribution is -1.91. The SMILES string of the molecule is Cc1cc(C=NNc2nc(-c3ccccc3)cs2)ccc1C#N. The van der Waals surface area contributed by atoms with Gasteiger partial charge in [-0.05, 0) is 30.2 Å². The first-order chi connectivity index (χ1) is 11.3. The van der Waals surface area contributed by atoms with Crippen LogP contribution in [0.1, 0.15) is 16.7 Å². The van der Waals surface area contributed by atoms with Crippen LogP contribution in [0.5, 0.6) is 0 Å². The van der Waals surface area contributed by atoms with E-state index in [1.807, 2.05) is 54.8 Å². The van der Waals surface area contributed by atoms with Crippen molar-refractivity contribution in [3.8, 4) is 17.3 Å². The van der Waals surface area contributed by atoms with Crippen molar-refractivity contribution in [3.63, 3.8) is 0 Å². The summed E-state index contributed by atoms with van der Waals surface area (Å²) in [5.74, 6) is 0. The molecule has 4 nitrogen and oxygen atoms in total. The molecule has 0 aliphatic rings. The molecule has 5 heteroatoms. The minimum atomic E-state index is 0.683. The van der Waals surface area contributed by atoms with Gasteiger partial charge in [-0.15, -0.1) is 11.3 Å². The minimum absolute atomic E-state index is 0.683. The van der Waals surface area contributed by atoms with Gasteiger partial charge in [0.2, 0.25) is 5.13 Å². The third-order valence-electron chi connectivity index (χ3n) is 3.32. The van der Waals surface area contributed by atoms with Crippen LogP contribution < -0.4 is 5.43 Å². The van der Waals surface area contributed by atoms with E-state index < -0.39 is 0 Å². The van der Waals surface area contributed by atoms with Gasteiger partial charge in [-0.1, -0.05) is 36.4 Å². The van der Waals surface area contributed by atoms with Crippen LogP contribution >= 0.6 is 11.3 Å². The van der Waals surface area contributed by atoms with Crippen LogP contribution in [0, 0.1) is 18.3 Å². The van der Waals surface area contributed by atoms with Crippen molar-refractivity contribution < 1.29 is 0 Å². The molecule has 0 spiro atoms. The Labute approximate surface area is 138 Å². The van der Waals surface area contributed by atoms with Crippen molar-refractivity contribution in [2.24, 2.45) is 5.10 Å². The summed E-state index contributed by atoms with van der Waals surface area (Å²) >= 11 is 1.51. The van der Waals surface area contributed by atoms with Crippen LogP contribution in [-0.2, 0) is 0 Å². The number of nitrogens with zero attached hydrogens (tertiary/aromatic N) is 3. The van der Waals surface area contributed by atoms with Crippen molar-refractivity contribution in [3.05, 3.63) is 70.6 Å². The molecule has 3 aromatic rings. The fourth-order valence-electron chi connectivity index (χ4n) is 2.12. The normalized spacial score (nSPS) is 10.6. The lowest BCUT2D eigenvalue weighted by atomic mass is 10.1. The molecule has 0 aliphatic carbocycles. The second-order valence-electron chi connectivity index (χ2n) is 4.96. The van der Waals surface area contributed by atoms with Gasteiger partial charge in [0.1, 0.15) is 0 Å². The van der Waals surface area contributed by atoms with Crippen LogP contribution in [0.3, 0.4) is 0 Å². The van der Waals surface area contributed by atoms with Gasteiger partial charge in [-0.2, -0.15) is 10.4 Å². The maximum Gasteiger partial charge on any atom is 0.203 e. The zero-order chi connectivity index (χ0) is 16.1. The fraction of sp³-hybridized carbons (Fsp3) is 0.0556. The molecule has 0 saturated heterocycles. The van der Waals surface area contributed by atoms with Gasteiger partial charge in [-0.3, -0.25) is 5.43 Å². The maximum atomic E-state index is 8.93. The maximum absolute atomic E-state index is 8.93. The molecule has 23 heavy (non-hydrogen) atoms. The molecule has 0 bridgehead atoms. The number of anilines is 1. The van der Waals surface area contributed by atoms with E-state index in [9.17, 15) is 0 Å². The summed E-state index contributed by atoms with van der Waals surface area (Å²) < 4.78 is 0. The molecule has 0 fully saturated rings. The Kier molecular flexibility index (Phi) is 4.46. The summed E-state index contributed by atoms with van der Waals surface area (Å²) in [5.41, 5.74) is 7.53. The van der Waals surface area contributed by atoms with Gasteiger partial charge in [0.25, 0.3) is 0 Å². The summed E-state index contributed by atoms with van der Waals surface area (Å²) in [6.45, 7) is 1.91. The molecule has 1 N–H and O–H groups in total. The summed E-state index contributed by atoms with van der Waals surface area (Å²) in [7, 11) is 0. The Balaban J connectivity index is 1.68. The standard InChI is InChI=1S/C18H14N4S/c1-13-9-14(7-8-16(13)10-19)11-20-22-18-21-17(12-23-18)15-5-3-2-4-6-15/h2-9,11-12H,1H3,(H,21,22). The molecule has 0 aliphatic heterocycles. The molecule has 0 atom stereocenters. The number of benzene rings is 2. The highest BCUT2D eigenvalue weighted by Gasteiger charge is 2.03. The zero-order valence-electron chi connectivity index (χ0n) is 12.5. The molecular weight excluding hydrogens is 304 g/mol. The van der Waals surface area contributed by atoms with Crippen LogP contribution in [0.15, 0.2) is 59.0 Å². The largest absolute Gasteiger partial charge is 0.253 e. The molecule has 1 heterocycles. The first kappa shape index (κ1) is 14.9. The van der Waals surface area contributed by atoms with Gasteiger partial charge >= 0.3 is 0 Å². The van der Waals surface area contributed by atoms with E-state index in [0.717, 1.165) is 27.5 Å². The number of hydrogen-bond acceptors (Lipinski definition) is 5. The smallest absolute Gasteiger partial charge is 0.203 e. The molecular formula is C18H14N4S.